The van der Waals surface area contributed by atoms with Gasteiger partial charge in [-0.05, 0) is 43.1 Å². The predicted molar refractivity (Wildman–Crippen MR) is 65.2 cm³/mol. The van der Waals surface area contributed by atoms with Crippen LogP contribution in [0.15, 0.2) is 29.1 Å². The maximum atomic E-state index is 5.64. The van der Waals surface area contributed by atoms with Gasteiger partial charge >= 0.3 is 0 Å². The van der Waals surface area contributed by atoms with Crippen LogP contribution in [0.5, 0.6) is 5.75 Å². The van der Waals surface area contributed by atoms with E-state index in [0.717, 1.165) is 18.6 Å². The topological polar surface area (TPSA) is 60.2 Å². The van der Waals surface area contributed by atoms with Gasteiger partial charge in [0.05, 0.1) is 0 Å². The molecule has 5 nitrogen and oxygen atoms in total. The van der Waals surface area contributed by atoms with E-state index in [1.165, 1.54) is 17.5 Å². The van der Waals surface area contributed by atoms with Crippen LogP contribution >= 0.6 is 0 Å². The first kappa shape index (κ1) is 11.2. The van der Waals surface area contributed by atoms with Crippen molar-refractivity contribution >= 4 is 0 Å². The summed E-state index contributed by atoms with van der Waals surface area (Å²) in [6, 6.07) is 6.71. The van der Waals surface area contributed by atoms with Crippen molar-refractivity contribution in [2.75, 3.05) is 7.05 Å². The lowest BCUT2D eigenvalue weighted by molar-refractivity contribution is 0.286. The third kappa shape index (κ3) is 2.09. The van der Waals surface area contributed by atoms with Crippen LogP contribution in [0, 0.1) is 0 Å². The van der Waals surface area contributed by atoms with Crippen LogP contribution < -0.4 is 10.1 Å². The fraction of sp³-hybridized carbons (Fsp3) is 0.385. The Balaban J connectivity index is 1.71. The highest BCUT2D eigenvalue weighted by Crippen LogP contribution is 2.33. The van der Waals surface area contributed by atoms with Gasteiger partial charge in [0.15, 0.2) is 6.61 Å². The maximum Gasteiger partial charge on any atom is 0.213 e. The van der Waals surface area contributed by atoms with Crippen molar-refractivity contribution in [1.29, 1.82) is 0 Å². The van der Waals surface area contributed by atoms with Gasteiger partial charge in [-0.3, -0.25) is 0 Å². The molecule has 0 fully saturated rings. The van der Waals surface area contributed by atoms with Gasteiger partial charge in [0.25, 0.3) is 0 Å². The smallest absolute Gasteiger partial charge is 0.213 e. The lowest BCUT2D eigenvalue weighted by Crippen LogP contribution is -2.12. The first-order valence-electron chi connectivity index (χ1n) is 6.05. The Morgan fingerprint density at radius 2 is 2.44 bits per heavy atom. The van der Waals surface area contributed by atoms with Crippen molar-refractivity contribution in [3.05, 3.63) is 41.5 Å². The molecule has 1 aromatic heterocycles. The molecule has 1 aromatic carbocycles. The van der Waals surface area contributed by atoms with E-state index in [-0.39, 0.29) is 0 Å². The van der Waals surface area contributed by atoms with Crippen molar-refractivity contribution in [3.63, 3.8) is 0 Å². The molecular weight excluding hydrogens is 230 g/mol. The molecule has 0 radical (unpaired) electrons. The van der Waals surface area contributed by atoms with Crippen LogP contribution in [0.2, 0.25) is 0 Å². The molecule has 0 spiro atoms. The lowest BCUT2D eigenvalue weighted by Gasteiger charge is -2.10. The summed E-state index contributed by atoms with van der Waals surface area (Å²) in [4.78, 5) is 3.92. The third-order valence-corrected chi connectivity index (χ3v) is 3.32. The molecule has 18 heavy (non-hydrogen) atoms. The highest BCUT2D eigenvalue weighted by atomic mass is 16.5. The molecule has 3 rings (SSSR count). The molecule has 0 saturated carbocycles. The number of nitrogens with zero attached hydrogens (tertiary/aromatic N) is 2. The van der Waals surface area contributed by atoms with Crippen molar-refractivity contribution in [2.24, 2.45) is 0 Å². The van der Waals surface area contributed by atoms with Gasteiger partial charge in [-0.2, -0.15) is 4.98 Å². The second-order valence-electron chi connectivity index (χ2n) is 4.38. The molecule has 1 N–H and O–H groups in total. The van der Waals surface area contributed by atoms with Gasteiger partial charge in [0.2, 0.25) is 12.2 Å². The summed E-state index contributed by atoms with van der Waals surface area (Å²) in [5.74, 6) is 1.42. The van der Waals surface area contributed by atoms with Gasteiger partial charge in [-0.1, -0.05) is 11.2 Å². The van der Waals surface area contributed by atoms with E-state index in [2.05, 4.69) is 32.1 Å². The molecule has 0 bridgehead atoms. The first-order valence-corrected chi connectivity index (χ1v) is 6.05. The number of ether oxygens (including phenoxy) is 1. The fourth-order valence-corrected chi connectivity index (χ4v) is 2.39. The van der Waals surface area contributed by atoms with Gasteiger partial charge in [0.1, 0.15) is 5.75 Å². The van der Waals surface area contributed by atoms with E-state index in [9.17, 15) is 0 Å². The molecule has 2 aromatic rings. The molecule has 94 valence electrons. The van der Waals surface area contributed by atoms with E-state index in [1.54, 1.807) is 0 Å². The normalized spacial score (nSPS) is 17.7. The Hall–Kier alpha value is -1.88. The van der Waals surface area contributed by atoms with Gasteiger partial charge < -0.3 is 14.6 Å². The summed E-state index contributed by atoms with van der Waals surface area (Å²) in [6.07, 6.45) is 3.55. The number of hydrogen-bond acceptors (Lipinski definition) is 5. The number of aromatic nitrogens is 2. The van der Waals surface area contributed by atoms with Gasteiger partial charge in [0, 0.05) is 6.04 Å². The fourth-order valence-electron chi connectivity index (χ4n) is 2.39. The second-order valence-corrected chi connectivity index (χ2v) is 4.38. The zero-order valence-electron chi connectivity index (χ0n) is 10.2. The Bertz CT molecular complexity index is 525. The molecule has 0 amide bonds. The molecule has 1 aliphatic carbocycles. The number of benzene rings is 1. The molecule has 1 atom stereocenters. The highest BCUT2D eigenvalue weighted by Gasteiger charge is 2.21. The zero-order chi connectivity index (χ0) is 12.4. The monoisotopic (exact) mass is 245 g/mol. The van der Waals surface area contributed by atoms with Crippen LogP contribution in [-0.2, 0) is 13.0 Å². The summed E-state index contributed by atoms with van der Waals surface area (Å²) in [5, 5.41) is 7.03. The quantitative estimate of drug-likeness (QED) is 0.890. The highest BCUT2D eigenvalue weighted by molar-refractivity contribution is 5.40. The predicted octanol–water partition coefficient (Wildman–Crippen LogP) is 1.86. The van der Waals surface area contributed by atoms with Crippen molar-refractivity contribution in [3.8, 4) is 5.75 Å². The Morgan fingerprint density at radius 1 is 1.50 bits per heavy atom. The number of fused-ring (bicyclic) bond motifs is 1. The second kappa shape index (κ2) is 4.78. The van der Waals surface area contributed by atoms with Gasteiger partial charge in [-0.25, -0.2) is 0 Å². The third-order valence-electron chi connectivity index (χ3n) is 3.32. The average molecular weight is 245 g/mol. The Kier molecular flexibility index (Phi) is 2.98. The molecule has 5 heteroatoms. The number of hydrogen-bond donors (Lipinski definition) is 1. The summed E-state index contributed by atoms with van der Waals surface area (Å²) in [5.41, 5.74) is 2.74. The Labute approximate surface area is 105 Å². The van der Waals surface area contributed by atoms with Crippen LogP contribution in [0.3, 0.4) is 0 Å². The Morgan fingerprint density at radius 3 is 3.22 bits per heavy atom. The minimum atomic E-state index is 0.338. The van der Waals surface area contributed by atoms with E-state index < -0.39 is 0 Å². The average Bonchev–Trinajstić information content (AvgIpc) is 3.05. The van der Waals surface area contributed by atoms with Crippen LogP contribution in [-0.4, -0.2) is 17.2 Å². The summed E-state index contributed by atoms with van der Waals surface area (Å²) < 4.78 is 10.3. The SMILES string of the molecule is CNC1CCc2cc(OCc3ncon3)ccc21. The lowest BCUT2D eigenvalue weighted by atomic mass is 10.1. The minimum Gasteiger partial charge on any atom is -0.485 e. The molecule has 0 saturated heterocycles. The zero-order valence-corrected chi connectivity index (χ0v) is 10.2. The molecule has 1 aliphatic rings. The van der Waals surface area contributed by atoms with Crippen molar-refractivity contribution in [1.82, 2.24) is 15.5 Å². The summed E-state index contributed by atoms with van der Waals surface area (Å²) in [7, 11) is 2.00. The van der Waals surface area contributed by atoms with Crippen LogP contribution in [0.4, 0.5) is 0 Å². The molecular formula is C13H15N3O2. The van der Waals surface area contributed by atoms with Crippen molar-refractivity contribution in [2.45, 2.75) is 25.5 Å². The first-order chi connectivity index (χ1) is 8.86. The summed E-state index contributed by atoms with van der Waals surface area (Å²) in [6.45, 7) is 0.338. The number of nitrogens with one attached hydrogen (secondary N) is 1. The molecule has 0 aliphatic heterocycles. The number of rotatable bonds is 4. The van der Waals surface area contributed by atoms with E-state index in [4.69, 9.17) is 4.74 Å². The van der Waals surface area contributed by atoms with Crippen LogP contribution in [0.1, 0.15) is 29.4 Å². The minimum absolute atomic E-state index is 0.338. The van der Waals surface area contributed by atoms with E-state index >= 15 is 0 Å². The van der Waals surface area contributed by atoms with Crippen LogP contribution in [0.25, 0.3) is 0 Å². The molecule has 1 heterocycles. The standard InChI is InChI=1S/C13H15N3O2/c1-14-12-5-2-9-6-10(3-4-11(9)12)17-7-13-15-8-18-16-13/h3-4,6,8,12,14H,2,5,7H2,1H3. The van der Waals surface area contributed by atoms with Gasteiger partial charge in [-0.15, -0.1) is 0 Å². The molecule has 1 unspecified atom stereocenters. The van der Waals surface area contributed by atoms with E-state index in [1.807, 2.05) is 13.1 Å². The summed E-state index contributed by atoms with van der Waals surface area (Å²) >= 11 is 0. The maximum absolute atomic E-state index is 5.64. The number of aryl methyl sites for hydroxylation is 1. The van der Waals surface area contributed by atoms with E-state index in [0.29, 0.717) is 18.5 Å². The largest absolute Gasteiger partial charge is 0.485 e. The van der Waals surface area contributed by atoms with Crippen molar-refractivity contribution < 1.29 is 9.26 Å².